The van der Waals surface area contributed by atoms with Gasteiger partial charge >= 0.3 is 0 Å². The molecule has 2 fully saturated rings. The molecule has 3 aliphatic rings. The van der Waals surface area contributed by atoms with Gasteiger partial charge in [0, 0.05) is 6.61 Å². The van der Waals surface area contributed by atoms with Crippen molar-refractivity contribution in [3.8, 4) is 0 Å². The lowest BCUT2D eigenvalue weighted by Crippen LogP contribution is -2.39. The minimum Gasteiger partial charge on any atom is -0.374 e. The van der Waals surface area contributed by atoms with Crippen molar-refractivity contribution >= 4 is 0 Å². The van der Waals surface area contributed by atoms with Crippen LogP contribution in [-0.4, -0.2) is 12.7 Å². The molecule has 1 saturated carbocycles. The number of hydrogen-bond donors (Lipinski definition) is 0. The Hall–Kier alpha value is -0.300. The predicted octanol–water partition coefficient (Wildman–Crippen LogP) is 4.08. The molecular formula is C15H24O. The van der Waals surface area contributed by atoms with E-state index in [2.05, 4.69) is 13.8 Å². The highest BCUT2D eigenvalue weighted by atomic mass is 16.5. The van der Waals surface area contributed by atoms with Crippen molar-refractivity contribution in [1.29, 1.82) is 0 Å². The molecule has 90 valence electrons. The fraction of sp³-hybridized carbons (Fsp3) is 0.867. The summed E-state index contributed by atoms with van der Waals surface area (Å²) >= 11 is 0. The maximum Gasteiger partial charge on any atom is 0.0793 e. The summed E-state index contributed by atoms with van der Waals surface area (Å²) < 4.78 is 6.01. The van der Waals surface area contributed by atoms with E-state index < -0.39 is 0 Å². The molecule has 0 aromatic heterocycles. The van der Waals surface area contributed by atoms with Gasteiger partial charge in [-0.15, -0.1) is 0 Å². The summed E-state index contributed by atoms with van der Waals surface area (Å²) in [5.41, 5.74) is 3.94. The molecule has 1 heterocycles. The van der Waals surface area contributed by atoms with Gasteiger partial charge < -0.3 is 4.74 Å². The highest BCUT2D eigenvalue weighted by Crippen LogP contribution is 2.49. The van der Waals surface area contributed by atoms with E-state index >= 15 is 0 Å². The zero-order valence-corrected chi connectivity index (χ0v) is 10.7. The zero-order chi connectivity index (χ0) is 11.2. The lowest BCUT2D eigenvalue weighted by molar-refractivity contribution is -0.00260. The molecule has 1 heteroatoms. The molecular weight excluding hydrogens is 196 g/mol. The average molecular weight is 220 g/mol. The van der Waals surface area contributed by atoms with Crippen molar-refractivity contribution < 1.29 is 4.74 Å². The first-order valence-electron chi connectivity index (χ1n) is 7.03. The van der Waals surface area contributed by atoms with Crippen LogP contribution in [0.4, 0.5) is 0 Å². The Labute approximate surface area is 99.3 Å². The second-order valence-corrected chi connectivity index (χ2v) is 6.45. The van der Waals surface area contributed by atoms with Gasteiger partial charge in [0.05, 0.1) is 6.10 Å². The molecule has 2 aliphatic carbocycles. The summed E-state index contributed by atoms with van der Waals surface area (Å²) in [5.74, 6) is 0.918. The molecule has 0 radical (unpaired) electrons. The second-order valence-electron chi connectivity index (χ2n) is 6.45. The molecule has 16 heavy (non-hydrogen) atoms. The minimum absolute atomic E-state index is 0.411. The molecule has 2 atom stereocenters. The van der Waals surface area contributed by atoms with Gasteiger partial charge in [-0.25, -0.2) is 0 Å². The predicted molar refractivity (Wildman–Crippen MR) is 66.4 cm³/mol. The van der Waals surface area contributed by atoms with Crippen LogP contribution in [0.5, 0.6) is 0 Å². The Bertz CT molecular complexity index is 313. The van der Waals surface area contributed by atoms with Crippen molar-refractivity contribution in [2.24, 2.45) is 11.3 Å². The third-order valence-electron chi connectivity index (χ3n) is 4.96. The van der Waals surface area contributed by atoms with Crippen molar-refractivity contribution in [3.63, 3.8) is 0 Å². The standard InChI is InChI=1S/C15H24O/c1-15(2)9-10-16-13-8-7-11-5-3-4-6-12(11)14(13)15/h11,13H,3-10H2,1-2H3. The topological polar surface area (TPSA) is 9.23 Å². The van der Waals surface area contributed by atoms with Gasteiger partial charge in [0.1, 0.15) is 0 Å². The molecule has 2 unspecified atom stereocenters. The van der Waals surface area contributed by atoms with Gasteiger partial charge in [0.2, 0.25) is 0 Å². The van der Waals surface area contributed by atoms with E-state index in [0.29, 0.717) is 11.5 Å². The van der Waals surface area contributed by atoms with Gasteiger partial charge in [-0.05, 0) is 55.4 Å². The number of allylic oxidation sites excluding steroid dienone is 1. The van der Waals surface area contributed by atoms with Gasteiger partial charge in [-0.3, -0.25) is 0 Å². The van der Waals surface area contributed by atoms with Crippen LogP contribution in [0.1, 0.15) is 58.8 Å². The normalized spacial score (nSPS) is 37.9. The number of rotatable bonds is 0. The van der Waals surface area contributed by atoms with Crippen LogP contribution >= 0.6 is 0 Å². The first kappa shape index (κ1) is 10.8. The number of ether oxygens (including phenoxy) is 1. The van der Waals surface area contributed by atoms with E-state index in [4.69, 9.17) is 4.74 Å². The molecule has 0 N–H and O–H groups in total. The Balaban J connectivity index is 2.02. The van der Waals surface area contributed by atoms with E-state index in [-0.39, 0.29) is 0 Å². The van der Waals surface area contributed by atoms with Crippen LogP contribution in [-0.2, 0) is 4.74 Å². The monoisotopic (exact) mass is 220 g/mol. The largest absolute Gasteiger partial charge is 0.374 e. The molecule has 1 aliphatic heterocycles. The summed E-state index contributed by atoms with van der Waals surface area (Å²) in [6.45, 7) is 5.84. The van der Waals surface area contributed by atoms with Crippen LogP contribution < -0.4 is 0 Å². The van der Waals surface area contributed by atoms with Gasteiger partial charge in [-0.2, -0.15) is 0 Å². The van der Waals surface area contributed by atoms with E-state index in [9.17, 15) is 0 Å². The van der Waals surface area contributed by atoms with Crippen molar-refractivity contribution in [2.75, 3.05) is 6.61 Å². The Morgan fingerprint density at radius 3 is 2.88 bits per heavy atom. The molecule has 3 rings (SSSR count). The Morgan fingerprint density at radius 2 is 2.00 bits per heavy atom. The molecule has 1 saturated heterocycles. The first-order valence-corrected chi connectivity index (χ1v) is 7.03. The fourth-order valence-corrected chi connectivity index (χ4v) is 4.09. The van der Waals surface area contributed by atoms with Crippen molar-refractivity contribution in [3.05, 3.63) is 11.1 Å². The molecule has 0 amide bonds. The Morgan fingerprint density at radius 1 is 1.12 bits per heavy atom. The number of hydrogen-bond acceptors (Lipinski definition) is 1. The minimum atomic E-state index is 0.411. The van der Waals surface area contributed by atoms with Crippen molar-refractivity contribution in [1.82, 2.24) is 0 Å². The zero-order valence-electron chi connectivity index (χ0n) is 10.7. The lowest BCUT2D eigenvalue weighted by Gasteiger charge is -2.46. The third-order valence-corrected chi connectivity index (χ3v) is 4.96. The van der Waals surface area contributed by atoms with E-state index in [1.807, 2.05) is 5.57 Å². The summed E-state index contributed by atoms with van der Waals surface area (Å²) in [6, 6.07) is 0. The number of fused-ring (bicyclic) bond motifs is 2. The maximum absolute atomic E-state index is 6.01. The molecule has 1 nitrogen and oxygen atoms in total. The fourth-order valence-electron chi connectivity index (χ4n) is 4.09. The highest BCUT2D eigenvalue weighted by Gasteiger charge is 2.41. The SMILES string of the molecule is CC1(C)CCOC2CCC3CCCCC3=C21. The molecule has 0 aromatic rings. The van der Waals surface area contributed by atoms with Gasteiger partial charge in [0.25, 0.3) is 0 Å². The van der Waals surface area contributed by atoms with Crippen LogP contribution in [0.25, 0.3) is 0 Å². The van der Waals surface area contributed by atoms with E-state index in [1.54, 1.807) is 5.57 Å². The summed E-state index contributed by atoms with van der Waals surface area (Å²) in [6.07, 6.45) is 10.0. The van der Waals surface area contributed by atoms with Crippen LogP contribution in [0.2, 0.25) is 0 Å². The maximum atomic E-state index is 6.01. The van der Waals surface area contributed by atoms with Gasteiger partial charge in [0.15, 0.2) is 0 Å². The van der Waals surface area contributed by atoms with Crippen LogP contribution in [0.3, 0.4) is 0 Å². The molecule has 0 spiro atoms. The Kier molecular flexibility index (Phi) is 2.62. The van der Waals surface area contributed by atoms with Crippen LogP contribution in [0, 0.1) is 11.3 Å². The second kappa shape index (κ2) is 3.87. The lowest BCUT2D eigenvalue weighted by atomic mass is 9.64. The van der Waals surface area contributed by atoms with Crippen LogP contribution in [0.15, 0.2) is 11.1 Å². The summed E-state index contributed by atoms with van der Waals surface area (Å²) in [5, 5.41) is 0. The van der Waals surface area contributed by atoms with Crippen molar-refractivity contribution in [2.45, 2.75) is 64.9 Å². The van der Waals surface area contributed by atoms with E-state index in [1.165, 1.54) is 44.9 Å². The summed E-state index contributed by atoms with van der Waals surface area (Å²) in [7, 11) is 0. The summed E-state index contributed by atoms with van der Waals surface area (Å²) in [4.78, 5) is 0. The smallest absolute Gasteiger partial charge is 0.0793 e. The quantitative estimate of drug-likeness (QED) is 0.559. The van der Waals surface area contributed by atoms with E-state index in [0.717, 1.165) is 12.5 Å². The van der Waals surface area contributed by atoms with Gasteiger partial charge in [-0.1, -0.05) is 25.8 Å². The first-order chi connectivity index (χ1) is 7.68. The molecule has 0 bridgehead atoms. The third kappa shape index (κ3) is 1.64. The average Bonchev–Trinajstić information content (AvgIpc) is 2.28. The highest BCUT2D eigenvalue weighted by molar-refractivity contribution is 5.31. The molecule has 0 aromatic carbocycles.